The normalized spacial score (nSPS) is 12.7. The van der Waals surface area contributed by atoms with Crippen molar-refractivity contribution >= 4 is 33.0 Å². The maximum absolute atomic E-state index is 5.93. The van der Waals surface area contributed by atoms with Crippen molar-refractivity contribution in [3.8, 4) is 0 Å². The fourth-order valence-electron chi connectivity index (χ4n) is 2.38. The largest absolute Gasteiger partial charge is 0.271 e. The zero-order valence-corrected chi connectivity index (χ0v) is 12.4. The Bertz CT molecular complexity index is 706. The maximum Gasteiger partial charge on any atom is 0.0500 e. The first kappa shape index (κ1) is 13.6. The van der Waals surface area contributed by atoms with Crippen molar-refractivity contribution in [1.29, 1.82) is 0 Å². The van der Waals surface area contributed by atoms with Crippen LogP contribution in [0, 0.1) is 0 Å². The van der Waals surface area contributed by atoms with Crippen molar-refractivity contribution in [3.05, 3.63) is 70.1 Å². The minimum Gasteiger partial charge on any atom is -0.271 e. The van der Waals surface area contributed by atoms with Crippen molar-refractivity contribution in [2.24, 2.45) is 5.84 Å². The monoisotopic (exact) mass is 302 g/mol. The molecule has 102 valence electrons. The first-order chi connectivity index (χ1) is 9.78. The molecule has 1 heterocycles. The molecule has 0 amide bonds. The van der Waals surface area contributed by atoms with E-state index < -0.39 is 0 Å². The third kappa shape index (κ3) is 2.72. The molecule has 0 aliphatic carbocycles. The molecule has 20 heavy (non-hydrogen) atoms. The van der Waals surface area contributed by atoms with Gasteiger partial charge in [-0.15, -0.1) is 11.3 Å². The lowest BCUT2D eigenvalue weighted by atomic mass is 9.99. The van der Waals surface area contributed by atoms with Crippen LogP contribution in [0.15, 0.2) is 53.9 Å². The molecule has 3 N–H and O–H groups in total. The fourth-order valence-corrected chi connectivity index (χ4v) is 3.48. The molecule has 2 aromatic carbocycles. The summed E-state index contributed by atoms with van der Waals surface area (Å²) in [7, 11) is 0. The number of thiophene rings is 1. The third-order valence-corrected chi connectivity index (χ3v) is 4.72. The highest BCUT2D eigenvalue weighted by Crippen LogP contribution is 2.29. The Morgan fingerprint density at radius 1 is 1.10 bits per heavy atom. The minimum atomic E-state index is 0.0882. The number of nitrogens with one attached hydrogen (secondary N) is 1. The van der Waals surface area contributed by atoms with E-state index in [4.69, 9.17) is 17.4 Å². The van der Waals surface area contributed by atoms with Gasteiger partial charge in [0.1, 0.15) is 0 Å². The van der Waals surface area contributed by atoms with Crippen molar-refractivity contribution < 1.29 is 0 Å². The van der Waals surface area contributed by atoms with Gasteiger partial charge >= 0.3 is 0 Å². The highest BCUT2D eigenvalue weighted by atomic mass is 35.5. The van der Waals surface area contributed by atoms with Crippen LogP contribution in [-0.4, -0.2) is 0 Å². The molecule has 2 nitrogen and oxygen atoms in total. The Kier molecular flexibility index (Phi) is 4.03. The molecule has 0 fully saturated rings. The minimum absolute atomic E-state index is 0.0882. The van der Waals surface area contributed by atoms with Crippen LogP contribution in [0.4, 0.5) is 0 Å². The number of fused-ring (bicyclic) bond motifs is 1. The van der Waals surface area contributed by atoms with Gasteiger partial charge in [0.15, 0.2) is 0 Å². The molecule has 3 aromatic rings. The molecule has 0 aliphatic heterocycles. The van der Waals surface area contributed by atoms with Crippen LogP contribution in [-0.2, 0) is 6.42 Å². The van der Waals surface area contributed by atoms with E-state index in [0.29, 0.717) is 0 Å². The van der Waals surface area contributed by atoms with E-state index in [9.17, 15) is 0 Å². The van der Waals surface area contributed by atoms with Crippen LogP contribution in [0.1, 0.15) is 17.2 Å². The van der Waals surface area contributed by atoms with Crippen molar-refractivity contribution in [2.75, 3.05) is 0 Å². The summed E-state index contributed by atoms with van der Waals surface area (Å²) in [4.78, 5) is 0. The number of nitrogens with two attached hydrogens (primary N) is 1. The second-order valence-corrected chi connectivity index (χ2v) is 6.08. The van der Waals surface area contributed by atoms with Crippen molar-refractivity contribution in [2.45, 2.75) is 12.5 Å². The molecule has 3 rings (SSSR count). The summed E-state index contributed by atoms with van der Waals surface area (Å²) < 4.78 is 1.31. The Morgan fingerprint density at radius 2 is 1.85 bits per heavy atom. The summed E-state index contributed by atoms with van der Waals surface area (Å²) in [6.07, 6.45) is 0.863. The summed E-state index contributed by atoms with van der Waals surface area (Å²) >= 11 is 7.70. The average Bonchev–Trinajstić information content (AvgIpc) is 2.89. The predicted molar refractivity (Wildman–Crippen MR) is 87.0 cm³/mol. The van der Waals surface area contributed by atoms with Gasteiger partial charge in [-0.25, -0.2) is 0 Å². The van der Waals surface area contributed by atoms with Crippen LogP contribution in [0.3, 0.4) is 0 Å². The highest BCUT2D eigenvalue weighted by Gasteiger charge is 2.13. The van der Waals surface area contributed by atoms with Gasteiger partial charge in [0, 0.05) is 9.72 Å². The first-order valence-electron chi connectivity index (χ1n) is 6.44. The number of hydrogen-bond donors (Lipinski definition) is 2. The highest BCUT2D eigenvalue weighted by molar-refractivity contribution is 7.17. The second-order valence-electron chi connectivity index (χ2n) is 4.73. The van der Waals surface area contributed by atoms with Crippen molar-refractivity contribution in [1.82, 2.24) is 5.43 Å². The van der Waals surface area contributed by atoms with E-state index in [1.165, 1.54) is 15.6 Å². The van der Waals surface area contributed by atoms with E-state index in [-0.39, 0.29) is 6.04 Å². The Hall–Kier alpha value is -1.39. The molecule has 0 aliphatic rings. The average molecular weight is 303 g/mol. The van der Waals surface area contributed by atoms with Gasteiger partial charge in [0.05, 0.1) is 6.04 Å². The Morgan fingerprint density at radius 3 is 2.60 bits per heavy atom. The van der Waals surface area contributed by atoms with E-state index in [0.717, 1.165) is 17.0 Å². The first-order valence-corrected chi connectivity index (χ1v) is 7.70. The summed E-state index contributed by atoms with van der Waals surface area (Å²) in [5.74, 6) is 5.72. The van der Waals surface area contributed by atoms with E-state index in [2.05, 4.69) is 35.1 Å². The zero-order valence-electron chi connectivity index (χ0n) is 10.8. The van der Waals surface area contributed by atoms with E-state index in [1.807, 2.05) is 24.3 Å². The van der Waals surface area contributed by atoms with Gasteiger partial charge in [-0.05, 0) is 46.5 Å². The van der Waals surface area contributed by atoms with Crippen LogP contribution in [0.2, 0.25) is 5.02 Å². The molecule has 0 bridgehead atoms. The molecule has 1 atom stereocenters. The van der Waals surface area contributed by atoms with Gasteiger partial charge in [0.2, 0.25) is 0 Å². The molecule has 0 spiro atoms. The third-order valence-electron chi connectivity index (χ3n) is 3.46. The van der Waals surface area contributed by atoms with Crippen LogP contribution < -0.4 is 11.3 Å². The van der Waals surface area contributed by atoms with E-state index in [1.54, 1.807) is 11.3 Å². The Labute approximate surface area is 127 Å². The topological polar surface area (TPSA) is 38.0 Å². The van der Waals surface area contributed by atoms with Gasteiger partial charge in [-0.3, -0.25) is 11.3 Å². The lowest BCUT2D eigenvalue weighted by Gasteiger charge is -2.16. The zero-order chi connectivity index (χ0) is 13.9. The van der Waals surface area contributed by atoms with Crippen LogP contribution in [0.5, 0.6) is 0 Å². The standard InChI is InChI=1S/C16H15ClN2S/c17-13-7-5-11(6-8-13)15(19-18)9-12-10-20-16-4-2-1-3-14(12)16/h1-8,10,15,19H,9,18H2. The number of benzene rings is 2. The van der Waals surface area contributed by atoms with Crippen LogP contribution >= 0.6 is 22.9 Å². The van der Waals surface area contributed by atoms with Crippen LogP contribution in [0.25, 0.3) is 10.1 Å². The molecule has 0 radical (unpaired) electrons. The SMILES string of the molecule is NNC(Cc1csc2ccccc12)c1ccc(Cl)cc1. The predicted octanol–water partition coefficient (Wildman–Crippen LogP) is 4.30. The number of hydrazine groups is 1. The quantitative estimate of drug-likeness (QED) is 0.557. The molecular weight excluding hydrogens is 288 g/mol. The lowest BCUT2D eigenvalue weighted by Crippen LogP contribution is -2.29. The smallest absolute Gasteiger partial charge is 0.0500 e. The van der Waals surface area contributed by atoms with Gasteiger partial charge in [-0.1, -0.05) is 41.9 Å². The molecular formula is C16H15ClN2S. The lowest BCUT2D eigenvalue weighted by molar-refractivity contribution is 0.554. The van der Waals surface area contributed by atoms with E-state index >= 15 is 0 Å². The van der Waals surface area contributed by atoms with Gasteiger partial charge < -0.3 is 0 Å². The van der Waals surface area contributed by atoms with Crippen molar-refractivity contribution in [3.63, 3.8) is 0 Å². The molecule has 0 saturated heterocycles. The second kappa shape index (κ2) is 5.94. The molecule has 1 aromatic heterocycles. The summed E-state index contributed by atoms with van der Waals surface area (Å²) in [5.41, 5.74) is 5.37. The van der Waals surface area contributed by atoms with Gasteiger partial charge in [-0.2, -0.15) is 0 Å². The van der Waals surface area contributed by atoms with Gasteiger partial charge in [0.25, 0.3) is 0 Å². The Balaban J connectivity index is 1.89. The number of hydrogen-bond acceptors (Lipinski definition) is 3. The summed E-state index contributed by atoms with van der Waals surface area (Å²) in [6.45, 7) is 0. The fraction of sp³-hybridized carbons (Fsp3) is 0.125. The molecule has 0 saturated carbocycles. The maximum atomic E-state index is 5.93. The summed E-state index contributed by atoms with van der Waals surface area (Å²) in [6, 6.07) is 16.4. The number of rotatable bonds is 4. The molecule has 1 unspecified atom stereocenters. The number of halogens is 1. The molecule has 4 heteroatoms. The summed E-state index contributed by atoms with van der Waals surface area (Å²) in [5, 5.41) is 4.27.